The minimum atomic E-state index is -1.60. The molecule has 0 aliphatic carbocycles. The average Bonchev–Trinajstić information content (AvgIpc) is 0.824. The number of amides is 1. The van der Waals surface area contributed by atoms with E-state index in [0.29, 0.717) is 19.3 Å². The molecule has 4 unspecified atom stereocenters. The number of aliphatic hydroxyl groups excluding tert-OH is 11. The summed E-state index contributed by atoms with van der Waals surface area (Å²) >= 11 is 0. The van der Waals surface area contributed by atoms with Gasteiger partial charge in [0.2, 0.25) is 5.91 Å². The van der Waals surface area contributed by atoms with Crippen LogP contribution in [0.15, 0.2) is 0 Å². The maximum absolute atomic E-state index is 13.0. The molecule has 0 saturated carbocycles. The van der Waals surface area contributed by atoms with Crippen LogP contribution in [0.3, 0.4) is 0 Å². The number of nitrogens with one attached hydrogen (secondary N) is 1. The van der Waals surface area contributed by atoms with E-state index in [2.05, 4.69) is 33.0 Å². The Morgan fingerprint density at radius 1 is 0.343 bits per heavy atom. The molecule has 2 aliphatic heterocycles. The number of hydrogen-bond donors (Lipinski definition) is 13. The van der Waals surface area contributed by atoms with Crippen LogP contribution in [0.5, 0.6) is 0 Å². The van der Waals surface area contributed by atoms with Gasteiger partial charge in [0.1, 0.15) is 67.1 Å². The fourth-order valence-corrected chi connectivity index (χ4v) is 15.0. The zero-order valence-electron chi connectivity index (χ0n) is 69.8. The van der Waals surface area contributed by atoms with Crippen LogP contribution < -0.4 is 11.1 Å². The number of ether oxygens (including phenoxy) is 5. The summed E-state index contributed by atoms with van der Waals surface area (Å²) in [5, 5.41) is 116. The highest BCUT2D eigenvalue weighted by Crippen LogP contribution is 2.27. The van der Waals surface area contributed by atoms with Crippen molar-refractivity contribution in [2.24, 2.45) is 5.73 Å². The summed E-state index contributed by atoms with van der Waals surface area (Å²) in [4.78, 5) is 25.9. The molecule has 0 aromatic carbocycles. The predicted octanol–water partition coefficient (Wildman–Crippen LogP) is 16.7. The summed E-state index contributed by atoms with van der Waals surface area (Å²) in [5.74, 6) is -0.587. The fourth-order valence-electron chi connectivity index (χ4n) is 15.0. The van der Waals surface area contributed by atoms with Crippen molar-refractivity contribution in [3.8, 4) is 0 Å². The highest BCUT2D eigenvalue weighted by atomic mass is 16.7. The van der Waals surface area contributed by atoms with Gasteiger partial charge >= 0.3 is 5.97 Å². The quantitative estimate of drug-likeness (QED) is 0.0199. The number of rotatable bonds is 76. The van der Waals surface area contributed by atoms with Gasteiger partial charge in [0.05, 0.1) is 44.6 Å². The maximum Gasteiger partial charge on any atom is 0.306 e. The molecular weight excluding hydrogens is 1370 g/mol. The average molecular weight is 1550 g/mol. The van der Waals surface area contributed by atoms with Crippen LogP contribution in [0.4, 0.5) is 0 Å². The van der Waals surface area contributed by atoms with Crippen LogP contribution in [0.2, 0.25) is 0 Å². The standard InChI is InChI=1S/2C44H87NO9/c1-3-5-7-9-11-13-15-17-18-19-20-21-23-25-27-29-31-33-39(47)53-37(32-30-28-26-24-22-16-14-12-10-8-6-4-2)40(48)36(45)35-52-44-43(51)42(50)41(49)38(34-46)54-44;1-3-5-7-9-11-13-15-17-18-19-20-21-23-25-27-29-31-33-39(48)45-36(35-53-44-43(52)42(51)41(50)38(34-46)54-44)40(49)37(47)32-30-28-26-24-22-16-14-12-10-8-6-4-2/h36-38,40-44,46,48-51H,3-35,45H2,1-2H3;36-38,40-44,46-47,49-52H,3-35H2,1-2H3,(H,45,48)/t2*36-,37+,38?,40-,41-,42-,43?,44-/m00/s1. The molecule has 2 heterocycles. The molecule has 0 aromatic rings. The number of carbonyl (C=O) groups excluding carboxylic acids is 2. The molecular formula is C88H174N2O18. The van der Waals surface area contributed by atoms with Crippen molar-refractivity contribution in [3.63, 3.8) is 0 Å². The van der Waals surface area contributed by atoms with Crippen molar-refractivity contribution in [2.45, 2.75) is 524 Å². The van der Waals surface area contributed by atoms with E-state index >= 15 is 0 Å². The SMILES string of the molecule is CCCCCCCCCCCCCCCCCCCC(=O)N[C@@H](CO[C@H]1OC(CO)[C@H](O)[C@H](O)C1O)[C@H](O)[C@H](O)CCCCCCCCCCCCCC.CCCCCCCCCCCCCCCCCCCC(=O)O[C@H](CCCCCCCCCCCCCC)[C@@H](O)[C@@H](N)CO[C@H]1OC(CO)[C@H](O)[C@H](O)C1O. The van der Waals surface area contributed by atoms with E-state index in [-0.39, 0.29) is 31.5 Å². The topological polar surface area (TPSA) is 341 Å². The highest BCUT2D eigenvalue weighted by molar-refractivity contribution is 5.76. The lowest BCUT2D eigenvalue weighted by Crippen LogP contribution is -2.60. The van der Waals surface area contributed by atoms with Crippen molar-refractivity contribution in [3.05, 3.63) is 0 Å². The zero-order valence-corrected chi connectivity index (χ0v) is 69.8. The number of aliphatic hydroxyl groups is 11. The van der Waals surface area contributed by atoms with Crippen LogP contribution in [0, 0.1) is 0 Å². The third kappa shape index (κ3) is 55.0. The van der Waals surface area contributed by atoms with Crippen molar-refractivity contribution in [1.29, 1.82) is 0 Å². The summed E-state index contributed by atoms with van der Waals surface area (Å²) in [6.45, 7) is 7.29. The molecule has 0 spiro atoms. The molecule has 20 heteroatoms. The second-order valence-electron chi connectivity index (χ2n) is 32.6. The molecule has 2 aliphatic rings. The minimum absolute atomic E-state index is 0.254. The van der Waals surface area contributed by atoms with Crippen molar-refractivity contribution >= 4 is 11.9 Å². The van der Waals surface area contributed by atoms with Gasteiger partial charge in [0, 0.05) is 12.8 Å². The lowest BCUT2D eigenvalue weighted by Gasteiger charge is -2.40. The van der Waals surface area contributed by atoms with Gasteiger partial charge in [-0.05, 0) is 32.1 Å². The Morgan fingerprint density at radius 3 is 0.917 bits per heavy atom. The first-order valence-corrected chi connectivity index (χ1v) is 45.7. The van der Waals surface area contributed by atoms with Crippen molar-refractivity contribution in [1.82, 2.24) is 5.32 Å². The molecule has 20 nitrogen and oxygen atoms in total. The molecule has 16 atom stereocenters. The molecule has 644 valence electrons. The van der Waals surface area contributed by atoms with E-state index in [0.717, 1.165) is 77.0 Å². The summed E-state index contributed by atoms with van der Waals surface area (Å²) < 4.78 is 28.0. The predicted molar refractivity (Wildman–Crippen MR) is 436 cm³/mol. The second kappa shape index (κ2) is 74.1. The Morgan fingerprint density at radius 2 is 0.611 bits per heavy atom. The minimum Gasteiger partial charge on any atom is -0.460 e. The van der Waals surface area contributed by atoms with Gasteiger partial charge in [0.15, 0.2) is 12.6 Å². The fraction of sp³-hybridized carbons (Fsp3) is 0.977. The molecule has 14 N–H and O–H groups in total. The van der Waals surface area contributed by atoms with Crippen molar-refractivity contribution in [2.75, 3.05) is 26.4 Å². The first kappa shape index (κ1) is 104. The van der Waals surface area contributed by atoms with Gasteiger partial charge in [0.25, 0.3) is 0 Å². The van der Waals surface area contributed by atoms with Gasteiger partial charge in [-0.3, -0.25) is 9.59 Å². The van der Waals surface area contributed by atoms with Crippen LogP contribution >= 0.6 is 0 Å². The van der Waals surface area contributed by atoms with Gasteiger partial charge in [-0.15, -0.1) is 0 Å². The number of unbranched alkanes of at least 4 members (excludes halogenated alkanes) is 54. The Bertz CT molecular complexity index is 1930. The first-order chi connectivity index (χ1) is 52.5. The van der Waals surface area contributed by atoms with Gasteiger partial charge in [-0.25, -0.2) is 0 Å². The van der Waals surface area contributed by atoms with E-state index in [1.807, 2.05) is 0 Å². The number of carbonyl (C=O) groups is 2. The summed E-state index contributed by atoms with van der Waals surface area (Å²) in [6.07, 6.45) is 54.6. The molecule has 0 bridgehead atoms. The maximum atomic E-state index is 13.0. The lowest BCUT2D eigenvalue weighted by molar-refractivity contribution is -0.303. The monoisotopic (exact) mass is 1550 g/mol. The van der Waals surface area contributed by atoms with Crippen LogP contribution in [0.1, 0.15) is 426 Å². The highest BCUT2D eigenvalue weighted by Gasteiger charge is 2.46. The Balaban J connectivity index is 0.00000108. The third-order valence-corrected chi connectivity index (χ3v) is 22.5. The van der Waals surface area contributed by atoms with Crippen LogP contribution in [-0.2, 0) is 33.3 Å². The first-order valence-electron chi connectivity index (χ1n) is 45.7. The molecule has 108 heavy (non-hydrogen) atoms. The van der Waals surface area contributed by atoms with E-state index in [1.54, 1.807) is 0 Å². The third-order valence-electron chi connectivity index (χ3n) is 22.5. The summed E-state index contributed by atoms with van der Waals surface area (Å²) in [5.41, 5.74) is 6.30. The number of nitrogens with two attached hydrogens (primary N) is 1. The molecule has 0 radical (unpaired) electrons. The number of esters is 1. The Labute approximate surface area is 659 Å². The smallest absolute Gasteiger partial charge is 0.306 e. The summed E-state index contributed by atoms with van der Waals surface area (Å²) in [7, 11) is 0. The van der Waals surface area contributed by atoms with E-state index in [4.69, 9.17) is 29.4 Å². The molecule has 2 saturated heterocycles. The molecule has 2 fully saturated rings. The van der Waals surface area contributed by atoms with E-state index in [1.165, 1.54) is 295 Å². The molecule has 2 rings (SSSR count). The molecule has 1 amide bonds. The lowest BCUT2D eigenvalue weighted by atomic mass is 9.98. The van der Waals surface area contributed by atoms with Crippen LogP contribution in [-0.4, -0.2) is 192 Å². The van der Waals surface area contributed by atoms with Crippen molar-refractivity contribution < 1.29 is 89.4 Å². The summed E-state index contributed by atoms with van der Waals surface area (Å²) in [6, 6.07) is -1.95. The Kier molecular flexibility index (Phi) is 71.6. The van der Waals surface area contributed by atoms with Gasteiger partial charge < -0.3 is 90.9 Å². The van der Waals surface area contributed by atoms with Gasteiger partial charge in [-0.2, -0.15) is 0 Å². The van der Waals surface area contributed by atoms with Crippen LogP contribution in [0.25, 0.3) is 0 Å². The second-order valence-corrected chi connectivity index (χ2v) is 32.6. The van der Waals surface area contributed by atoms with Gasteiger partial charge in [-0.1, -0.05) is 381 Å². The largest absolute Gasteiger partial charge is 0.460 e. The Hall–Kier alpha value is -1.70. The normalized spacial score (nSPS) is 22.0. The zero-order chi connectivity index (χ0) is 79.3. The number of hydrogen-bond acceptors (Lipinski definition) is 19. The van der Waals surface area contributed by atoms with E-state index < -0.39 is 111 Å². The molecule has 0 aromatic heterocycles. The van der Waals surface area contributed by atoms with E-state index in [9.17, 15) is 65.8 Å².